The SMILES string of the molecule is CCCOc1ccc(O[C@@H](C)CNCC)nc1. The Balaban J connectivity index is 2.39. The van der Waals surface area contributed by atoms with E-state index in [0.29, 0.717) is 5.88 Å². The van der Waals surface area contributed by atoms with Crippen LogP contribution in [0.2, 0.25) is 0 Å². The van der Waals surface area contributed by atoms with Gasteiger partial charge in [0.05, 0.1) is 12.8 Å². The number of nitrogens with one attached hydrogen (secondary N) is 1. The molecule has 0 amide bonds. The van der Waals surface area contributed by atoms with Crippen molar-refractivity contribution in [2.75, 3.05) is 19.7 Å². The summed E-state index contributed by atoms with van der Waals surface area (Å²) < 4.78 is 11.1. The van der Waals surface area contributed by atoms with E-state index < -0.39 is 0 Å². The zero-order valence-corrected chi connectivity index (χ0v) is 10.9. The molecule has 96 valence electrons. The Kier molecular flexibility index (Phi) is 6.40. The van der Waals surface area contributed by atoms with Crippen LogP contribution in [0.25, 0.3) is 0 Å². The number of hydrogen-bond acceptors (Lipinski definition) is 4. The number of ether oxygens (including phenoxy) is 2. The monoisotopic (exact) mass is 238 g/mol. The molecule has 0 saturated carbocycles. The van der Waals surface area contributed by atoms with Gasteiger partial charge in [-0.05, 0) is 26.0 Å². The average Bonchev–Trinajstić information content (AvgIpc) is 2.35. The molecule has 4 heteroatoms. The van der Waals surface area contributed by atoms with E-state index in [2.05, 4.69) is 24.1 Å². The van der Waals surface area contributed by atoms with E-state index in [1.807, 2.05) is 19.1 Å². The summed E-state index contributed by atoms with van der Waals surface area (Å²) in [5.41, 5.74) is 0. The molecule has 0 radical (unpaired) electrons. The van der Waals surface area contributed by atoms with Crippen LogP contribution in [0.3, 0.4) is 0 Å². The fourth-order valence-electron chi connectivity index (χ4n) is 1.34. The van der Waals surface area contributed by atoms with Gasteiger partial charge in [-0.25, -0.2) is 4.98 Å². The van der Waals surface area contributed by atoms with Crippen LogP contribution in [0.15, 0.2) is 18.3 Å². The molecule has 17 heavy (non-hydrogen) atoms. The summed E-state index contributed by atoms with van der Waals surface area (Å²) in [4.78, 5) is 4.20. The van der Waals surface area contributed by atoms with Gasteiger partial charge >= 0.3 is 0 Å². The molecular weight excluding hydrogens is 216 g/mol. The standard InChI is InChI=1S/C13H22N2O2/c1-4-8-16-12-6-7-13(15-10-12)17-11(3)9-14-5-2/h6-7,10-11,14H,4-5,8-9H2,1-3H3/t11-/m0/s1. The van der Waals surface area contributed by atoms with Crippen molar-refractivity contribution in [2.24, 2.45) is 0 Å². The molecule has 1 aromatic heterocycles. The minimum Gasteiger partial charge on any atom is -0.492 e. The van der Waals surface area contributed by atoms with Crippen LogP contribution < -0.4 is 14.8 Å². The van der Waals surface area contributed by atoms with E-state index >= 15 is 0 Å². The molecule has 1 aromatic rings. The third-order valence-corrected chi connectivity index (χ3v) is 2.19. The molecule has 1 N–H and O–H groups in total. The van der Waals surface area contributed by atoms with Gasteiger partial charge in [0, 0.05) is 12.6 Å². The fourth-order valence-corrected chi connectivity index (χ4v) is 1.34. The number of rotatable bonds is 8. The van der Waals surface area contributed by atoms with Crippen LogP contribution in [0.5, 0.6) is 11.6 Å². The normalized spacial score (nSPS) is 12.2. The highest BCUT2D eigenvalue weighted by Gasteiger charge is 2.04. The largest absolute Gasteiger partial charge is 0.492 e. The fraction of sp³-hybridized carbons (Fsp3) is 0.615. The van der Waals surface area contributed by atoms with Gasteiger partial charge in [-0.3, -0.25) is 0 Å². The predicted molar refractivity (Wildman–Crippen MR) is 68.7 cm³/mol. The maximum Gasteiger partial charge on any atom is 0.213 e. The lowest BCUT2D eigenvalue weighted by Gasteiger charge is -2.14. The summed E-state index contributed by atoms with van der Waals surface area (Å²) in [7, 11) is 0. The quantitative estimate of drug-likeness (QED) is 0.754. The van der Waals surface area contributed by atoms with Crippen LogP contribution >= 0.6 is 0 Å². The highest BCUT2D eigenvalue weighted by molar-refractivity contribution is 5.22. The molecule has 0 bridgehead atoms. The molecule has 4 nitrogen and oxygen atoms in total. The topological polar surface area (TPSA) is 43.4 Å². The highest BCUT2D eigenvalue weighted by atomic mass is 16.5. The second-order valence-corrected chi connectivity index (χ2v) is 3.92. The summed E-state index contributed by atoms with van der Waals surface area (Å²) in [5.74, 6) is 1.43. The van der Waals surface area contributed by atoms with E-state index in [1.54, 1.807) is 6.20 Å². The maximum absolute atomic E-state index is 5.65. The lowest BCUT2D eigenvalue weighted by Crippen LogP contribution is -2.28. The van der Waals surface area contributed by atoms with E-state index in [9.17, 15) is 0 Å². The Labute approximate surface area is 103 Å². The summed E-state index contributed by atoms with van der Waals surface area (Å²) in [6.45, 7) is 8.67. The lowest BCUT2D eigenvalue weighted by atomic mass is 10.4. The van der Waals surface area contributed by atoms with E-state index in [0.717, 1.165) is 31.9 Å². The number of aromatic nitrogens is 1. The lowest BCUT2D eigenvalue weighted by molar-refractivity contribution is 0.209. The van der Waals surface area contributed by atoms with Crippen molar-refractivity contribution in [3.8, 4) is 11.6 Å². The molecular formula is C13H22N2O2. The Morgan fingerprint density at radius 3 is 2.76 bits per heavy atom. The molecule has 0 aliphatic rings. The molecule has 0 aromatic carbocycles. The molecule has 1 heterocycles. The number of pyridine rings is 1. The average molecular weight is 238 g/mol. The first-order valence-corrected chi connectivity index (χ1v) is 6.22. The Morgan fingerprint density at radius 2 is 2.18 bits per heavy atom. The minimum atomic E-state index is 0.116. The minimum absolute atomic E-state index is 0.116. The zero-order chi connectivity index (χ0) is 12.5. The second kappa shape index (κ2) is 7.90. The van der Waals surface area contributed by atoms with Crippen LogP contribution in [0.4, 0.5) is 0 Å². The maximum atomic E-state index is 5.65. The van der Waals surface area contributed by atoms with Crippen molar-refractivity contribution in [1.82, 2.24) is 10.3 Å². The van der Waals surface area contributed by atoms with Gasteiger partial charge in [-0.15, -0.1) is 0 Å². The Bertz CT molecular complexity index is 301. The van der Waals surface area contributed by atoms with Crippen molar-refractivity contribution in [3.05, 3.63) is 18.3 Å². The summed E-state index contributed by atoms with van der Waals surface area (Å²) >= 11 is 0. The van der Waals surface area contributed by atoms with Crippen LogP contribution in [-0.4, -0.2) is 30.8 Å². The Hall–Kier alpha value is -1.29. The summed E-state index contributed by atoms with van der Waals surface area (Å²) in [6.07, 6.45) is 2.81. The first-order valence-electron chi connectivity index (χ1n) is 6.22. The van der Waals surface area contributed by atoms with Gasteiger partial charge in [0.15, 0.2) is 0 Å². The van der Waals surface area contributed by atoms with Crippen LogP contribution in [0, 0.1) is 0 Å². The van der Waals surface area contributed by atoms with Gasteiger partial charge in [-0.2, -0.15) is 0 Å². The molecule has 1 atom stereocenters. The number of nitrogens with zero attached hydrogens (tertiary/aromatic N) is 1. The van der Waals surface area contributed by atoms with Crippen molar-refractivity contribution in [1.29, 1.82) is 0 Å². The number of likely N-dealkylation sites (N-methyl/N-ethyl adjacent to an activating group) is 1. The third kappa shape index (κ3) is 5.54. The van der Waals surface area contributed by atoms with Crippen LogP contribution in [-0.2, 0) is 0 Å². The molecule has 0 fully saturated rings. The molecule has 0 aliphatic carbocycles. The van der Waals surface area contributed by atoms with Crippen LogP contribution in [0.1, 0.15) is 27.2 Å². The third-order valence-electron chi connectivity index (χ3n) is 2.19. The summed E-state index contributed by atoms with van der Waals surface area (Å²) in [5, 5.41) is 3.23. The molecule has 0 spiro atoms. The van der Waals surface area contributed by atoms with Gasteiger partial charge in [0.25, 0.3) is 0 Å². The summed E-state index contributed by atoms with van der Waals surface area (Å²) in [6, 6.07) is 3.73. The number of hydrogen-bond donors (Lipinski definition) is 1. The van der Waals surface area contributed by atoms with Crippen molar-refractivity contribution < 1.29 is 9.47 Å². The molecule has 0 saturated heterocycles. The van der Waals surface area contributed by atoms with Gasteiger partial charge in [0.2, 0.25) is 5.88 Å². The Morgan fingerprint density at radius 1 is 1.35 bits per heavy atom. The highest BCUT2D eigenvalue weighted by Crippen LogP contribution is 2.14. The smallest absolute Gasteiger partial charge is 0.213 e. The van der Waals surface area contributed by atoms with Gasteiger partial charge in [0.1, 0.15) is 11.9 Å². The first kappa shape index (κ1) is 13.8. The molecule has 1 rings (SSSR count). The van der Waals surface area contributed by atoms with Gasteiger partial charge < -0.3 is 14.8 Å². The van der Waals surface area contributed by atoms with E-state index in [4.69, 9.17) is 9.47 Å². The van der Waals surface area contributed by atoms with Gasteiger partial charge in [-0.1, -0.05) is 13.8 Å². The first-order chi connectivity index (χ1) is 8.26. The molecule has 0 aliphatic heterocycles. The van der Waals surface area contributed by atoms with Crippen molar-refractivity contribution in [2.45, 2.75) is 33.3 Å². The molecule has 0 unspecified atom stereocenters. The second-order valence-electron chi connectivity index (χ2n) is 3.92. The van der Waals surface area contributed by atoms with Crippen molar-refractivity contribution in [3.63, 3.8) is 0 Å². The zero-order valence-electron chi connectivity index (χ0n) is 10.9. The van der Waals surface area contributed by atoms with E-state index in [1.165, 1.54) is 0 Å². The van der Waals surface area contributed by atoms with Crippen molar-refractivity contribution >= 4 is 0 Å². The predicted octanol–water partition coefficient (Wildman–Crippen LogP) is 2.25. The van der Waals surface area contributed by atoms with E-state index in [-0.39, 0.29) is 6.10 Å².